The topological polar surface area (TPSA) is 160 Å². The molecule has 2 aromatic carbocycles. The summed E-state index contributed by atoms with van der Waals surface area (Å²) < 4.78 is 28.7. The summed E-state index contributed by atoms with van der Waals surface area (Å²) in [7, 11) is 0. The number of fused-ring (bicyclic) bond motifs is 5. The van der Waals surface area contributed by atoms with Crippen molar-refractivity contribution in [3.05, 3.63) is 157 Å². The van der Waals surface area contributed by atoms with Crippen molar-refractivity contribution in [2.24, 2.45) is 0 Å². The zero-order chi connectivity index (χ0) is 49.5. The lowest BCUT2D eigenvalue weighted by molar-refractivity contribution is -0.126. The number of carbonyl (C=O) groups excluding carboxylic acids is 2. The van der Waals surface area contributed by atoms with Crippen molar-refractivity contribution in [1.29, 1.82) is 0 Å². The highest BCUT2D eigenvalue weighted by Crippen LogP contribution is 2.47. The first kappa shape index (κ1) is 50.0. The van der Waals surface area contributed by atoms with Crippen LogP contribution in [0.2, 0.25) is 5.02 Å². The number of pyridine rings is 2. The first-order valence-electron chi connectivity index (χ1n) is 24.7. The van der Waals surface area contributed by atoms with Crippen LogP contribution >= 0.6 is 11.6 Å². The summed E-state index contributed by atoms with van der Waals surface area (Å²) >= 11 is 6.59. The number of hydrogen-bond acceptors (Lipinski definition) is 10. The van der Waals surface area contributed by atoms with Crippen LogP contribution in [0.25, 0.3) is 22.3 Å². The predicted molar refractivity (Wildman–Crippen MR) is 274 cm³/mol. The molecule has 3 atom stereocenters. The molecular formula is C55H66ClFN8O5. The highest BCUT2D eigenvalue weighted by atomic mass is 35.5. The van der Waals surface area contributed by atoms with Crippen LogP contribution in [0.5, 0.6) is 0 Å². The van der Waals surface area contributed by atoms with Gasteiger partial charge in [0.1, 0.15) is 25.8 Å². The van der Waals surface area contributed by atoms with E-state index >= 15 is 4.39 Å². The standard InChI is InChI=1S/C55H66ClFN8O5/c1-7-9-10-12-15-32(3)58-27-48(66)59-26-34(5)62-46(22-36-16-13-11-14-17-36)53(37-18-19-37)60-25-33(4)61-31-69-30-49(67)63-44-21-20-39-50-45(24-43(57)52(39)56)64-54-41(51(44)50)28-65-47(54)23-40-38(8-2)35(6)70-29-42(40)55(65)68/h11,13-14,16-17,23-24,38,44,46,58,60-62H,3-10,12,15,18-22,25-31H2,1-2H3,(H,59,66)(H,63,67). The van der Waals surface area contributed by atoms with Crippen LogP contribution in [0.4, 0.5) is 4.39 Å². The molecule has 3 unspecified atom stereocenters. The molecule has 0 bridgehead atoms. The van der Waals surface area contributed by atoms with E-state index in [2.05, 4.69) is 77.3 Å². The van der Waals surface area contributed by atoms with Crippen molar-refractivity contribution >= 4 is 34.3 Å². The van der Waals surface area contributed by atoms with E-state index in [0.717, 1.165) is 65.8 Å². The minimum Gasteiger partial charge on any atom is -0.493 e. The second kappa shape index (κ2) is 22.6. The van der Waals surface area contributed by atoms with Gasteiger partial charge in [-0.25, -0.2) is 9.37 Å². The lowest BCUT2D eigenvalue weighted by Crippen LogP contribution is -2.42. The second-order valence-electron chi connectivity index (χ2n) is 18.8. The molecular weight excluding hydrogens is 907 g/mol. The maximum Gasteiger partial charge on any atom is 0.258 e. The van der Waals surface area contributed by atoms with E-state index in [9.17, 15) is 14.4 Å². The van der Waals surface area contributed by atoms with Gasteiger partial charge in [0.2, 0.25) is 11.8 Å². The molecule has 4 aliphatic rings. The summed E-state index contributed by atoms with van der Waals surface area (Å²) in [5.74, 6) is -0.530. The van der Waals surface area contributed by atoms with E-state index in [1.807, 2.05) is 31.2 Å². The van der Waals surface area contributed by atoms with E-state index in [1.165, 1.54) is 24.5 Å². The van der Waals surface area contributed by atoms with Crippen LogP contribution in [0.1, 0.15) is 117 Å². The van der Waals surface area contributed by atoms with Gasteiger partial charge in [-0.2, -0.15) is 0 Å². The SMILES string of the molecule is C=C(CCCCCC)NCC(=O)NCC(=C)NC(Cc1ccccc1)C(NCC(=C)NCOCC(=O)NC1CCc2c(Cl)c(F)cc3nc4c(c1c23)Cn1c-4cc2c(c1=O)COC(=C)C2CC)=C1CC1. The van der Waals surface area contributed by atoms with Crippen molar-refractivity contribution in [3.63, 3.8) is 0 Å². The Morgan fingerprint density at radius 3 is 2.47 bits per heavy atom. The van der Waals surface area contributed by atoms with Gasteiger partial charge in [0.15, 0.2) is 0 Å². The molecule has 2 amide bonds. The van der Waals surface area contributed by atoms with E-state index < -0.39 is 11.9 Å². The van der Waals surface area contributed by atoms with Gasteiger partial charge in [-0.05, 0) is 85.3 Å². The minimum atomic E-state index is -0.560. The number of allylic oxidation sites excluding steroid dienone is 3. The van der Waals surface area contributed by atoms with E-state index in [-0.39, 0.29) is 73.9 Å². The van der Waals surface area contributed by atoms with Gasteiger partial charge in [0.25, 0.3) is 5.56 Å². The van der Waals surface area contributed by atoms with Crippen LogP contribution < -0.4 is 37.5 Å². The number of nitrogens with one attached hydrogen (secondary N) is 6. The Morgan fingerprint density at radius 2 is 1.71 bits per heavy atom. The molecule has 2 aliphatic heterocycles. The normalized spacial score (nSPS) is 16.5. The molecule has 0 saturated heterocycles. The Morgan fingerprint density at radius 1 is 0.929 bits per heavy atom. The predicted octanol–water partition coefficient (Wildman–Crippen LogP) is 8.48. The molecule has 0 radical (unpaired) electrons. The number of carbonyl (C=O) groups is 2. The highest BCUT2D eigenvalue weighted by molar-refractivity contribution is 6.32. The van der Waals surface area contributed by atoms with Crippen molar-refractivity contribution in [2.45, 2.75) is 116 Å². The Hall–Kier alpha value is -6.38. The number of amides is 2. The molecule has 6 N–H and O–H groups in total. The van der Waals surface area contributed by atoms with E-state index in [1.54, 1.807) is 4.57 Å². The maximum atomic E-state index is 15.3. The lowest BCUT2D eigenvalue weighted by atomic mass is 9.83. The highest BCUT2D eigenvalue weighted by Gasteiger charge is 2.37. The average Bonchev–Trinajstić information content (AvgIpc) is 4.12. The first-order valence-corrected chi connectivity index (χ1v) is 25.1. The molecule has 15 heteroatoms. The summed E-state index contributed by atoms with van der Waals surface area (Å²) in [6, 6.07) is 13.0. The number of rotatable bonds is 25. The molecule has 1 fully saturated rings. The molecule has 70 heavy (non-hydrogen) atoms. The fourth-order valence-electron chi connectivity index (χ4n) is 9.97. The molecule has 13 nitrogen and oxygen atoms in total. The number of ether oxygens (including phenoxy) is 2. The van der Waals surface area contributed by atoms with Gasteiger partial charge in [0.05, 0.1) is 71.5 Å². The lowest BCUT2D eigenvalue weighted by Gasteiger charge is -2.29. The third-order valence-electron chi connectivity index (χ3n) is 13.7. The summed E-state index contributed by atoms with van der Waals surface area (Å²) in [5, 5.41) is 20.4. The summed E-state index contributed by atoms with van der Waals surface area (Å²) in [6.07, 6.45) is 9.71. The van der Waals surface area contributed by atoms with Crippen LogP contribution in [-0.4, -0.2) is 60.4 Å². The molecule has 0 spiro atoms. The minimum absolute atomic E-state index is 0.0398. The molecule has 370 valence electrons. The van der Waals surface area contributed by atoms with Gasteiger partial charge in [-0.1, -0.05) is 101 Å². The molecule has 2 aromatic heterocycles. The van der Waals surface area contributed by atoms with Crippen molar-refractivity contribution in [2.75, 3.05) is 33.0 Å². The van der Waals surface area contributed by atoms with E-state index in [4.69, 9.17) is 26.1 Å². The smallest absolute Gasteiger partial charge is 0.258 e. The fraction of sp³-hybridized carbons (Fsp3) is 0.418. The number of nitrogens with zero attached hydrogens (tertiary/aromatic N) is 2. The Kier molecular flexibility index (Phi) is 16.1. The molecule has 8 rings (SSSR count). The fourth-order valence-corrected chi connectivity index (χ4v) is 10.2. The molecule has 4 heterocycles. The molecule has 2 aliphatic carbocycles. The zero-order valence-corrected chi connectivity index (χ0v) is 41.3. The average molecular weight is 974 g/mol. The monoisotopic (exact) mass is 972 g/mol. The number of benzene rings is 2. The van der Waals surface area contributed by atoms with E-state index in [0.29, 0.717) is 82.8 Å². The molecule has 1 saturated carbocycles. The Labute approximate surface area is 415 Å². The van der Waals surface area contributed by atoms with Gasteiger partial charge < -0.3 is 45.9 Å². The summed E-state index contributed by atoms with van der Waals surface area (Å²) in [4.78, 5) is 45.4. The number of aromatic nitrogens is 2. The van der Waals surface area contributed by atoms with Crippen LogP contribution in [0, 0.1) is 5.82 Å². The first-order chi connectivity index (χ1) is 33.8. The quantitative estimate of drug-likeness (QED) is 0.0248. The number of aryl methyl sites for hydroxylation is 1. The third kappa shape index (κ3) is 11.5. The van der Waals surface area contributed by atoms with Crippen molar-refractivity contribution in [3.8, 4) is 11.4 Å². The second-order valence-corrected chi connectivity index (χ2v) is 19.2. The summed E-state index contributed by atoms with van der Waals surface area (Å²) in [6.45, 7) is 21.9. The third-order valence-corrected chi connectivity index (χ3v) is 14.1. The number of hydrogen-bond donors (Lipinski definition) is 6. The summed E-state index contributed by atoms with van der Waals surface area (Å²) in [5.41, 5.74) is 11.0. The van der Waals surface area contributed by atoms with Gasteiger partial charge in [-0.15, -0.1) is 0 Å². The van der Waals surface area contributed by atoms with Crippen LogP contribution in [0.15, 0.2) is 108 Å². The molecule has 4 aromatic rings. The van der Waals surface area contributed by atoms with Crippen LogP contribution in [-0.2, 0) is 45.1 Å². The Balaban J connectivity index is 0.865. The van der Waals surface area contributed by atoms with Crippen molar-refractivity contribution < 1.29 is 23.5 Å². The van der Waals surface area contributed by atoms with Gasteiger partial charge >= 0.3 is 0 Å². The maximum absolute atomic E-state index is 15.3. The van der Waals surface area contributed by atoms with Crippen molar-refractivity contribution in [1.82, 2.24) is 41.5 Å². The number of unbranched alkanes of at least 4 members (excludes halogenated alkanes) is 3. The zero-order valence-electron chi connectivity index (χ0n) is 40.5. The van der Waals surface area contributed by atoms with Crippen LogP contribution in [0.3, 0.4) is 0 Å². The Bertz CT molecular complexity index is 2800. The largest absolute Gasteiger partial charge is 0.493 e. The van der Waals surface area contributed by atoms with Gasteiger partial charge in [0, 0.05) is 45.7 Å². The number of halogens is 2. The van der Waals surface area contributed by atoms with Gasteiger partial charge in [-0.3, -0.25) is 14.4 Å².